The highest BCUT2D eigenvalue weighted by Gasteiger charge is 2.06. The van der Waals surface area contributed by atoms with Crippen LogP contribution in [0.1, 0.15) is 33.4 Å². The summed E-state index contributed by atoms with van der Waals surface area (Å²) in [5.74, 6) is 0. The lowest BCUT2D eigenvalue weighted by atomic mass is 10.1. The summed E-state index contributed by atoms with van der Waals surface area (Å²) in [6.45, 7) is 2.95. The second-order valence-electron chi connectivity index (χ2n) is 9.75. The van der Waals surface area contributed by atoms with Crippen LogP contribution in [-0.4, -0.2) is 22.4 Å². The maximum atomic E-state index is 4.89. The Labute approximate surface area is 237 Å². The Morgan fingerprint density at radius 2 is 0.675 bits per heavy atom. The molecule has 4 heteroatoms. The number of nitrogens with zero attached hydrogens (tertiary/aromatic N) is 4. The smallest absolute Gasteiger partial charge is 0.0614 e. The van der Waals surface area contributed by atoms with E-state index in [2.05, 4.69) is 131 Å². The number of hydrazone groups is 2. The molecule has 40 heavy (non-hydrogen) atoms. The van der Waals surface area contributed by atoms with Gasteiger partial charge in [0.1, 0.15) is 0 Å². The number of hydrogen-bond acceptors (Lipinski definition) is 4. The molecule has 0 saturated carbocycles. The van der Waals surface area contributed by atoms with Crippen LogP contribution in [0, 0.1) is 0 Å². The normalized spacial score (nSPS) is 11.2. The molecule has 0 N–H and O–H groups in total. The van der Waals surface area contributed by atoms with Crippen LogP contribution in [0.3, 0.4) is 0 Å². The molecule has 0 atom stereocenters. The predicted octanol–water partition coefficient (Wildman–Crippen LogP) is 7.76. The molecule has 5 aromatic rings. The van der Waals surface area contributed by atoms with E-state index in [1.165, 1.54) is 22.3 Å². The third kappa shape index (κ3) is 8.53. The molecular weight excluding hydrogens is 488 g/mol. The summed E-state index contributed by atoms with van der Waals surface area (Å²) in [6, 6.07) is 50.2. The van der Waals surface area contributed by atoms with Gasteiger partial charge in [-0.25, -0.2) is 0 Å². The van der Waals surface area contributed by atoms with Crippen LogP contribution in [0.5, 0.6) is 0 Å². The van der Waals surface area contributed by atoms with Crippen molar-refractivity contribution in [2.75, 3.05) is 0 Å². The zero-order valence-corrected chi connectivity index (χ0v) is 22.6. The summed E-state index contributed by atoms with van der Waals surface area (Å²) in [4.78, 5) is 0. The number of rotatable bonds is 12. The van der Waals surface area contributed by atoms with Crippen molar-refractivity contribution < 1.29 is 0 Å². The van der Waals surface area contributed by atoms with Gasteiger partial charge in [0, 0.05) is 0 Å². The first-order valence-electron chi connectivity index (χ1n) is 13.6. The van der Waals surface area contributed by atoms with E-state index in [1.807, 2.05) is 36.7 Å². The Bertz CT molecular complexity index is 1290. The van der Waals surface area contributed by atoms with E-state index >= 15 is 0 Å². The molecule has 5 rings (SSSR count). The molecule has 0 unspecified atom stereocenters. The highest BCUT2D eigenvalue weighted by atomic mass is 15.4. The summed E-state index contributed by atoms with van der Waals surface area (Å²) in [7, 11) is 0. The molecule has 0 spiro atoms. The summed E-state index contributed by atoms with van der Waals surface area (Å²) >= 11 is 0. The Hall–Kier alpha value is -4.96. The standard InChI is InChI=1S/C36H34N4/c1-5-14-31(15-6-1)27-39(28-32-16-7-2-8-17-32)37-25-35-22-13-23-36(24-35)26-38-40(29-33-18-9-3-10-19-33)30-34-20-11-4-12-21-34/h1-26H,27-30H2/b37-25+,38-26+. The van der Waals surface area contributed by atoms with Crippen LogP contribution in [0.4, 0.5) is 0 Å². The van der Waals surface area contributed by atoms with E-state index in [4.69, 9.17) is 10.2 Å². The molecule has 0 bridgehead atoms. The molecule has 5 aromatic carbocycles. The van der Waals surface area contributed by atoms with Gasteiger partial charge in [-0.2, -0.15) is 10.2 Å². The summed E-state index contributed by atoms with van der Waals surface area (Å²) in [6.07, 6.45) is 3.88. The second kappa shape index (κ2) is 14.3. The minimum atomic E-state index is 0.737. The van der Waals surface area contributed by atoms with Gasteiger partial charge in [-0.1, -0.05) is 140 Å². The topological polar surface area (TPSA) is 31.2 Å². The molecule has 0 amide bonds. The predicted molar refractivity (Wildman–Crippen MR) is 166 cm³/mol. The molecule has 0 aliphatic heterocycles. The van der Waals surface area contributed by atoms with Crippen molar-refractivity contribution in [3.8, 4) is 0 Å². The van der Waals surface area contributed by atoms with Crippen molar-refractivity contribution in [2.24, 2.45) is 10.2 Å². The summed E-state index contributed by atoms with van der Waals surface area (Å²) in [5.41, 5.74) is 6.99. The Morgan fingerprint density at radius 1 is 0.375 bits per heavy atom. The van der Waals surface area contributed by atoms with Crippen LogP contribution in [0.2, 0.25) is 0 Å². The molecule has 0 saturated heterocycles. The van der Waals surface area contributed by atoms with Gasteiger partial charge in [0.2, 0.25) is 0 Å². The molecule has 198 valence electrons. The lowest BCUT2D eigenvalue weighted by molar-refractivity contribution is 0.272. The van der Waals surface area contributed by atoms with Gasteiger partial charge in [0.05, 0.1) is 38.6 Å². The molecular formula is C36H34N4. The minimum Gasteiger partial charge on any atom is -0.288 e. The number of benzene rings is 5. The summed E-state index contributed by atoms with van der Waals surface area (Å²) in [5, 5.41) is 14.0. The van der Waals surface area contributed by atoms with Gasteiger partial charge in [-0.05, 0) is 39.4 Å². The Balaban J connectivity index is 1.31. The van der Waals surface area contributed by atoms with E-state index in [-0.39, 0.29) is 0 Å². The highest BCUT2D eigenvalue weighted by Crippen LogP contribution is 2.13. The van der Waals surface area contributed by atoms with E-state index in [1.54, 1.807) is 0 Å². The molecule has 0 aromatic heterocycles. The maximum absolute atomic E-state index is 4.89. The monoisotopic (exact) mass is 522 g/mol. The first-order chi connectivity index (χ1) is 19.8. The summed E-state index contributed by atoms with van der Waals surface area (Å²) < 4.78 is 0. The van der Waals surface area contributed by atoms with Gasteiger partial charge in [-0.3, -0.25) is 10.0 Å². The van der Waals surface area contributed by atoms with Gasteiger partial charge in [0.25, 0.3) is 0 Å². The largest absolute Gasteiger partial charge is 0.288 e. The molecule has 0 aliphatic carbocycles. The minimum absolute atomic E-state index is 0.737. The van der Waals surface area contributed by atoms with Gasteiger partial charge < -0.3 is 0 Å². The fourth-order valence-electron chi connectivity index (χ4n) is 4.47. The SMILES string of the molecule is C(=N\N(Cc1ccccc1)Cc1ccccc1)/c1cccc(/C=N/N(Cc2ccccc2)Cc2ccccc2)c1. The second-order valence-corrected chi connectivity index (χ2v) is 9.75. The number of hydrogen-bond donors (Lipinski definition) is 0. The van der Waals surface area contributed by atoms with Crippen molar-refractivity contribution in [1.82, 2.24) is 10.0 Å². The molecule has 0 heterocycles. The van der Waals surface area contributed by atoms with E-state index < -0.39 is 0 Å². The first kappa shape index (κ1) is 26.6. The van der Waals surface area contributed by atoms with Crippen LogP contribution in [0.15, 0.2) is 156 Å². The van der Waals surface area contributed by atoms with E-state index in [0.29, 0.717) is 0 Å². The Morgan fingerprint density at radius 3 is 0.975 bits per heavy atom. The zero-order chi connectivity index (χ0) is 27.2. The van der Waals surface area contributed by atoms with Gasteiger partial charge in [-0.15, -0.1) is 0 Å². The first-order valence-corrected chi connectivity index (χ1v) is 13.6. The van der Waals surface area contributed by atoms with Crippen molar-refractivity contribution in [2.45, 2.75) is 26.2 Å². The fraction of sp³-hybridized carbons (Fsp3) is 0.111. The average molecular weight is 523 g/mol. The van der Waals surface area contributed by atoms with Gasteiger partial charge >= 0.3 is 0 Å². The zero-order valence-electron chi connectivity index (χ0n) is 22.6. The van der Waals surface area contributed by atoms with Crippen LogP contribution < -0.4 is 0 Å². The average Bonchev–Trinajstić information content (AvgIpc) is 3.01. The van der Waals surface area contributed by atoms with Crippen LogP contribution in [-0.2, 0) is 26.2 Å². The van der Waals surface area contributed by atoms with Crippen molar-refractivity contribution >= 4 is 12.4 Å². The molecule has 0 radical (unpaired) electrons. The van der Waals surface area contributed by atoms with Crippen molar-refractivity contribution in [1.29, 1.82) is 0 Å². The van der Waals surface area contributed by atoms with Crippen molar-refractivity contribution in [3.05, 3.63) is 179 Å². The van der Waals surface area contributed by atoms with E-state index in [9.17, 15) is 0 Å². The van der Waals surface area contributed by atoms with Crippen LogP contribution >= 0.6 is 0 Å². The van der Waals surface area contributed by atoms with Crippen LogP contribution in [0.25, 0.3) is 0 Å². The highest BCUT2D eigenvalue weighted by molar-refractivity contribution is 5.86. The molecule has 0 fully saturated rings. The fourth-order valence-corrected chi connectivity index (χ4v) is 4.47. The third-order valence-corrected chi connectivity index (χ3v) is 6.48. The lowest BCUT2D eigenvalue weighted by Gasteiger charge is -2.20. The molecule has 0 aliphatic rings. The molecule has 4 nitrogen and oxygen atoms in total. The lowest BCUT2D eigenvalue weighted by Crippen LogP contribution is -2.17. The van der Waals surface area contributed by atoms with E-state index in [0.717, 1.165) is 37.3 Å². The van der Waals surface area contributed by atoms with Crippen molar-refractivity contribution in [3.63, 3.8) is 0 Å². The third-order valence-electron chi connectivity index (χ3n) is 6.48. The van der Waals surface area contributed by atoms with Gasteiger partial charge in [0.15, 0.2) is 0 Å². The maximum Gasteiger partial charge on any atom is 0.0614 e. The Kier molecular flexibility index (Phi) is 9.50. The quantitative estimate of drug-likeness (QED) is 0.124.